The lowest BCUT2D eigenvalue weighted by Crippen LogP contribution is -2.33. The molecule has 0 aliphatic carbocycles. The van der Waals surface area contributed by atoms with Crippen LogP contribution in [0.3, 0.4) is 0 Å². The monoisotopic (exact) mass is 679 g/mol. The van der Waals surface area contributed by atoms with Crippen LogP contribution in [0.5, 0.6) is 0 Å². The maximum Gasteiger partial charge on any atom is 0.347 e. The summed E-state index contributed by atoms with van der Waals surface area (Å²) in [4.78, 5) is 36.1. The van der Waals surface area contributed by atoms with E-state index in [0.29, 0.717) is 43.2 Å². The molecule has 0 spiro atoms. The maximum absolute atomic E-state index is 11.8. The van der Waals surface area contributed by atoms with E-state index in [0.717, 1.165) is 37.9 Å². The molecule has 1 aliphatic heterocycles. The van der Waals surface area contributed by atoms with Gasteiger partial charge in [-0.2, -0.15) is 0 Å². The van der Waals surface area contributed by atoms with Crippen LogP contribution < -0.4 is 10.6 Å². The first kappa shape index (κ1) is 37.0. The number of rotatable bonds is 21. The number of nitrogens with one attached hydrogen (secondary N) is 2. The summed E-state index contributed by atoms with van der Waals surface area (Å²) in [5.41, 5.74) is 1.78. The van der Waals surface area contributed by atoms with Crippen molar-refractivity contribution >= 4 is 28.9 Å². The number of aliphatic hydroxyl groups is 4. The van der Waals surface area contributed by atoms with Gasteiger partial charge in [0, 0.05) is 19.3 Å². The number of carbonyl (C=O) groups is 2. The average molecular weight is 680 g/mol. The Balaban J connectivity index is 1.02. The van der Waals surface area contributed by atoms with Gasteiger partial charge in [0.1, 0.15) is 37.4 Å². The number of ether oxygens (including phenoxy) is 4. The Hall–Kier alpha value is -3.85. The lowest BCUT2D eigenvalue weighted by molar-refractivity contribution is -0.172. The fourth-order valence-corrected chi connectivity index (χ4v) is 4.86. The third-order valence-corrected chi connectivity index (χ3v) is 7.52. The molecule has 0 radical (unpaired) electrons. The molecule has 48 heavy (non-hydrogen) atoms. The second-order valence-corrected chi connectivity index (χ2v) is 11.3. The molecule has 6 N–H and O–H groups in total. The van der Waals surface area contributed by atoms with Crippen LogP contribution in [0, 0.1) is 0 Å². The van der Waals surface area contributed by atoms with Gasteiger partial charge in [-0.1, -0.05) is 18.1 Å². The molecule has 266 valence electrons. The predicted octanol–water partition coefficient (Wildman–Crippen LogP) is -1.34. The van der Waals surface area contributed by atoms with Crippen molar-refractivity contribution in [1.82, 2.24) is 39.8 Å². The topological polar surface area (TPSA) is 250 Å². The molecule has 0 aromatic carbocycles. The lowest BCUT2D eigenvalue weighted by atomic mass is 10.1. The second-order valence-electron chi connectivity index (χ2n) is 11.3. The quantitative estimate of drug-likeness (QED) is 0.0563. The summed E-state index contributed by atoms with van der Waals surface area (Å²) in [7, 11) is 0. The summed E-state index contributed by atoms with van der Waals surface area (Å²) in [6.07, 6.45) is 2.03. The third kappa shape index (κ3) is 10.3. The van der Waals surface area contributed by atoms with Crippen LogP contribution in [0.15, 0.2) is 18.9 Å². The number of aliphatic hydroxyl groups excluding tert-OH is 4. The molecule has 4 heterocycles. The Bertz CT molecular complexity index is 1440. The molecule has 3 aromatic heterocycles. The van der Waals surface area contributed by atoms with Gasteiger partial charge in [0.2, 0.25) is 0 Å². The minimum atomic E-state index is -1.32. The highest BCUT2D eigenvalue weighted by Crippen LogP contribution is 2.32. The Morgan fingerprint density at radius 1 is 1.02 bits per heavy atom. The van der Waals surface area contributed by atoms with Crippen molar-refractivity contribution in [1.29, 1.82) is 0 Å². The number of hydrogen-bond donors (Lipinski definition) is 6. The van der Waals surface area contributed by atoms with Crippen molar-refractivity contribution in [2.75, 3.05) is 44.8 Å². The zero-order valence-corrected chi connectivity index (χ0v) is 27.1. The SMILES string of the molecule is CC(O)C(=O)OC(C)C(=O)OCCOCCn1cc(CNCCCCCCNc2ncnc3c2ncn3[C@@H]2O[C@H](CO)C(O)[C@@H]2O)nn1. The summed E-state index contributed by atoms with van der Waals surface area (Å²) in [5, 5.41) is 53.8. The summed E-state index contributed by atoms with van der Waals surface area (Å²) in [6, 6.07) is 0. The summed E-state index contributed by atoms with van der Waals surface area (Å²) in [5.74, 6) is -1.05. The van der Waals surface area contributed by atoms with Crippen molar-refractivity contribution in [2.45, 2.75) is 89.4 Å². The predicted molar refractivity (Wildman–Crippen MR) is 166 cm³/mol. The van der Waals surface area contributed by atoms with Crippen LogP contribution in [0.2, 0.25) is 0 Å². The Labute approximate surface area is 276 Å². The number of esters is 2. The highest BCUT2D eigenvalue weighted by Gasteiger charge is 2.44. The largest absolute Gasteiger partial charge is 0.461 e. The molecule has 0 saturated carbocycles. The number of imidazole rings is 1. The van der Waals surface area contributed by atoms with Gasteiger partial charge in [-0.25, -0.2) is 29.2 Å². The summed E-state index contributed by atoms with van der Waals surface area (Å²) >= 11 is 0. The standard InChI is InChI=1S/C29H45N9O10/c1-18(40)28(43)47-19(2)29(44)46-12-11-45-10-9-37-14-20(35-36-37)13-30-7-5-3-4-6-8-31-25-22-26(33-16-32-25)38(17-34-22)27-24(42)23(41)21(15-39)48-27/h14,16-19,21,23-24,27,30,39-42H,3-13,15H2,1-2H3,(H,31,32,33)/t18?,19?,21-,23?,24+,27-/m1/s1. The van der Waals surface area contributed by atoms with Crippen LogP contribution in [0.4, 0.5) is 5.82 Å². The first-order chi connectivity index (χ1) is 23.2. The van der Waals surface area contributed by atoms with E-state index in [4.69, 9.17) is 24.1 Å². The Kier molecular flexibility index (Phi) is 14.4. The first-order valence-corrected chi connectivity index (χ1v) is 16.0. The fourth-order valence-electron chi connectivity index (χ4n) is 4.86. The fraction of sp³-hybridized carbons (Fsp3) is 0.690. The number of carbonyl (C=O) groups excluding carboxylic acids is 2. The minimum Gasteiger partial charge on any atom is -0.461 e. The van der Waals surface area contributed by atoms with Crippen LogP contribution >= 0.6 is 0 Å². The number of anilines is 1. The van der Waals surface area contributed by atoms with Gasteiger partial charge < -0.3 is 50.0 Å². The number of fused-ring (bicyclic) bond motifs is 1. The van der Waals surface area contributed by atoms with Gasteiger partial charge in [0.25, 0.3) is 0 Å². The van der Waals surface area contributed by atoms with E-state index in [1.54, 1.807) is 4.68 Å². The van der Waals surface area contributed by atoms with E-state index in [2.05, 4.69) is 35.9 Å². The maximum atomic E-state index is 11.8. The molecule has 1 aliphatic rings. The van der Waals surface area contributed by atoms with Crippen LogP contribution in [-0.4, -0.2) is 137 Å². The van der Waals surface area contributed by atoms with Crippen LogP contribution in [0.1, 0.15) is 51.5 Å². The molecule has 6 atom stereocenters. The van der Waals surface area contributed by atoms with E-state index >= 15 is 0 Å². The Morgan fingerprint density at radius 3 is 2.56 bits per heavy atom. The van der Waals surface area contributed by atoms with Gasteiger partial charge in [-0.3, -0.25) is 4.57 Å². The highest BCUT2D eigenvalue weighted by molar-refractivity contribution is 5.82. The number of aromatic nitrogens is 7. The Morgan fingerprint density at radius 2 is 1.81 bits per heavy atom. The van der Waals surface area contributed by atoms with E-state index in [9.17, 15) is 24.9 Å². The molecule has 3 aromatic rings. The van der Waals surface area contributed by atoms with Gasteiger partial charge in [-0.05, 0) is 33.2 Å². The van der Waals surface area contributed by atoms with E-state index in [1.165, 1.54) is 31.1 Å². The van der Waals surface area contributed by atoms with Crippen LogP contribution in [-0.2, 0) is 41.6 Å². The zero-order chi connectivity index (χ0) is 34.5. The molecule has 1 fully saturated rings. The third-order valence-electron chi connectivity index (χ3n) is 7.52. The van der Waals surface area contributed by atoms with Gasteiger partial charge in [0.05, 0.1) is 38.4 Å². The molecule has 3 unspecified atom stereocenters. The molecular weight excluding hydrogens is 634 g/mol. The number of hydrogen-bond acceptors (Lipinski definition) is 17. The molecule has 19 nitrogen and oxygen atoms in total. The van der Waals surface area contributed by atoms with Crippen molar-refractivity contribution in [3.05, 3.63) is 24.5 Å². The van der Waals surface area contributed by atoms with Crippen molar-refractivity contribution in [3.8, 4) is 0 Å². The van der Waals surface area contributed by atoms with Gasteiger partial charge >= 0.3 is 11.9 Å². The number of unbranched alkanes of at least 4 members (excludes halogenated alkanes) is 3. The molecule has 0 bridgehead atoms. The van der Waals surface area contributed by atoms with E-state index in [1.807, 2.05) is 6.20 Å². The minimum absolute atomic E-state index is 0.000308. The number of nitrogens with zero attached hydrogens (tertiary/aromatic N) is 7. The lowest BCUT2D eigenvalue weighted by Gasteiger charge is -2.16. The van der Waals surface area contributed by atoms with E-state index < -0.39 is 55.3 Å². The highest BCUT2D eigenvalue weighted by atomic mass is 16.6. The molecule has 0 amide bonds. The molecular formula is C29H45N9O10. The van der Waals surface area contributed by atoms with Crippen molar-refractivity contribution < 1.29 is 49.0 Å². The smallest absolute Gasteiger partial charge is 0.347 e. The van der Waals surface area contributed by atoms with Crippen molar-refractivity contribution in [2.24, 2.45) is 0 Å². The second kappa shape index (κ2) is 18.6. The first-order valence-electron chi connectivity index (χ1n) is 16.0. The molecule has 4 rings (SSSR count). The zero-order valence-electron chi connectivity index (χ0n) is 27.1. The van der Waals surface area contributed by atoms with Crippen LogP contribution in [0.25, 0.3) is 11.2 Å². The normalized spacial score (nSPS) is 20.5. The summed E-state index contributed by atoms with van der Waals surface area (Å²) < 4.78 is 24.0. The van der Waals surface area contributed by atoms with Crippen molar-refractivity contribution in [3.63, 3.8) is 0 Å². The van der Waals surface area contributed by atoms with E-state index in [-0.39, 0.29) is 13.2 Å². The van der Waals surface area contributed by atoms with Gasteiger partial charge in [0.15, 0.2) is 29.3 Å². The molecule has 19 heteroatoms. The molecule has 1 saturated heterocycles. The summed E-state index contributed by atoms with van der Waals surface area (Å²) in [6.45, 7) is 5.31. The average Bonchev–Trinajstić information content (AvgIpc) is 3.79. The van der Waals surface area contributed by atoms with Gasteiger partial charge in [-0.15, -0.1) is 5.10 Å².